The van der Waals surface area contributed by atoms with Gasteiger partial charge in [-0.05, 0) is 43.4 Å². The van der Waals surface area contributed by atoms with Gasteiger partial charge in [-0.3, -0.25) is 14.1 Å². The smallest absolute Gasteiger partial charge is 0.295 e. The summed E-state index contributed by atoms with van der Waals surface area (Å²) in [6, 6.07) is 0. The van der Waals surface area contributed by atoms with Crippen LogP contribution in [0.2, 0.25) is 0 Å². The zero-order valence-corrected chi connectivity index (χ0v) is 13.1. The molecule has 22 heavy (non-hydrogen) atoms. The van der Waals surface area contributed by atoms with E-state index in [1.165, 1.54) is 19.3 Å². The lowest BCUT2D eigenvalue weighted by molar-refractivity contribution is 0.203. The van der Waals surface area contributed by atoms with Crippen molar-refractivity contribution in [3.63, 3.8) is 0 Å². The Morgan fingerprint density at radius 2 is 2.00 bits per heavy atom. The zero-order valence-electron chi connectivity index (χ0n) is 13.1. The van der Waals surface area contributed by atoms with Crippen molar-refractivity contribution in [2.75, 3.05) is 0 Å². The summed E-state index contributed by atoms with van der Waals surface area (Å²) in [5.74, 6) is 2.25. The number of nitrogens with zero attached hydrogens (tertiary/aromatic N) is 4. The summed E-state index contributed by atoms with van der Waals surface area (Å²) in [5.41, 5.74) is 0.568. The minimum Gasteiger partial charge on any atom is -0.295 e. The summed E-state index contributed by atoms with van der Waals surface area (Å²) in [6.45, 7) is 5.26. The summed E-state index contributed by atoms with van der Waals surface area (Å²) >= 11 is 0. The minimum atomic E-state index is -0.419. The summed E-state index contributed by atoms with van der Waals surface area (Å²) < 4.78 is 6.40. The number of rotatable bonds is 4. The number of aromatic nitrogens is 4. The Kier molecular flexibility index (Phi) is 4.36. The quantitative estimate of drug-likeness (QED) is 0.868. The van der Waals surface area contributed by atoms with Crippen molar-refractivity contribution >= 4 is 0 Å². The average Bonchev–Trinajstić information content (AvgIpc) is 2.86. The molecule has 0 aliphatic heterocycles. The van der Waals surface area contributed by atoms with Crippen LogP contribution in [0.5, 0.6) is 0 Å². The van der Waals surface area contributed by atoms with Crippen molar-refractivity contribution in [1.29, 1.82) is 0 Å². The average molecular weight is 302 g/mol. The molecular formula is C16H22N4O2. The standard InChI is InChI=1S/C16H22N4O2/c1-11-7-12(2)9-13(8-11)3-6-20-15(19-22-16(20)21)14-10-17-4-5-18-14/h4-5,10-13H,3,6-9H2,1-2H3/t11-,12-/m1/s1. The predicted molar refractivity (Wildman–Crippen MR) is 82.1 cm³/mol. The molecule has 3 rings (SSSR count). The van der Waals surface area contributed by atoms with Gasteiger partial charge in [0.1, 0.15) is 5.69 Å². The van der Waals surface area contributed by atoms with Gasteiger partial charge in [-0.15, -0.1) is 0 Å². The molecule has 0 bridgehead atoms. The highest BCUT2D eigenvalue weighted by molar-refractivity contribution is 5.46. The van der Waals surface area contributed by atoms with Crippen LogP contribution in [0.1, 0.15) is 39.5 Å². The van der Waals surface area contributed by atoms with E-state index >= 15 is 0 Å². The molecule has 2 aromatic heterocycles. The van der Waals surface area contributed by atoms with Gasteiger partial charge in [-0.2, -0.15) is 0 Å². The van der Waals surface area contributed by atoms with Gasteiger partial charge < -0.3 is 0 Å². The van der Waals surface area contributed by atoms with Crippen LogP contribution < -0.4 is 5.76 Å². The summed E-state index contributed by atoms with van der Waals surface area (Å²) in [7, 11) is 0. The largest absolute Gasteiger partial charge is 0.441 e. The summed E-state index contributed by atoms with van der Waals surface area (Å²) in [6.07, 6.45) is 9.55. The maximum Gasteiger partial charge on any atom is 0.441 e. The fourth-order valence-electron chi connectivity index (χ4n) is 3.73. The third kappa shape index (κ3) is 3.26. The highest BCUT2D eigenvalue weighted by Gasteiger charge is 2.24. The second-order valence-corrected chi connectivity index (χ2v) is 6.59. The van der Waals surface area contributed by atoms with E-state index in [1.54, 1.807) is 23.2 Å². The van der Waals surface area contributed by atoms with E-state index in [4.69, 9.17) is 4.52 Å². The highest BCUT2D eigenvalue weighted by Crippen LogP contribution is 2.34. The Hall–Kier alpha value is -1.98. The number of hydrogen-bond donors (Lipinski definition) is 0. The number of hydrogen-bond acceptors (Lipinski definition) is 5. The maximum absolute atomic E-state index is 11.9. The molecule has 2 heterocycles. The van der Waals surface area contributed by atoms with Gasteiger partial charge in [-0.1, -0.05) is 19.0 Å². The molecule has 6 heteroatoms. The lowest BCUT2D eigenvalue weighted by Gasteiger charge is -2.31. The van der Waals surface area contributed by atoms with E-state index in [2.05, 4.69) is 29.0 Å². The third-order valence-corrected chi connectivity index (χ3v) is 4.52. The topological polar surface area (TPSA) is 73.8 Å². The van der Waals surface area contributed by atoms with Gasteiger partial charge in [0.2, 0.25) is 5.82 Å². The molecule has 118 valence electrons. The van der Waals surface area contributed by atoms with E-state index in [-0.39, 0.29) is 0 Å². The fourth-order valence-corrected chi connectivity index (χ4v) is 3.73. The van der Waals surface area contributed by atoms with Gasteiger partial charge in [-0.25, -0.2) is 9.78 Å². The van der Waals surface area contributed by atoms with Crippen LogP contribution in [0.4, 0.5) is 0 Å². The van der Waals surface area contributed by atoms with Crippen LogP contribution in [0, 0.1) is 17.8 Å². The van der Waals surface area contributed by atoms with Crippen molar-refractivity contribution in [2.24, 2.45) is 17.8 Å². The van der Waals surface area contributed by atoms with Crippen LogP contribution in [0.25, 0.3) is 11.5 Å². The SMILES string of the molecule is C[C@H]1CC(CCn2c(-c3cnccn3)noc2=O)C[C@H](C)C1. The molecule has 0 radical (unpaired) electrons. The maximum atomic E-state index is 11.9. The van der Waals surface area contributed by atoms with Crippen LogP contribution in [0.15, 0.2) is 27.9 Å². The van der Waals surface area contributed by atoms with Gasteiger partial charge in [0.05, 0.1) is 6.20 Å². The van der Waals surface area contributed by atoms with Crippen LogP contribution in [0.3, 0.4) is 0 Å². The van der Waals surface area contributed by atoms with Crippen molar-refractivity contribution in [3.05, 3.63) is 29.1 Å². The normalized spacial score (nSPS) is 25.3. The fraction of sp³-hybridized carbons (Fsp3) is 0.625. The van der Waals surface area contributed by atoms with Gasteiger partial charge in [0, 0.05) is 18.9 Å². The first kappa shape index (κ1) is 14.9. The molecule has 6 nitrogen and oxygen atoms in total. The molecule has 1 saturated carbocycles. The van der Waals surface area contributed by atoms with Gasteiger partial charge in [0.15, 0.2) is 0 Å². The second-order valence-electron chi connectivity index (χ2n) is 6.59. The first-order valence-electron chi connectivity index (χ1n) is 7.96. The molecule has 0 N–H and O–H groups in total. The molecule has 1 aliphatic carbocycles. The van der Waals surface area contributed by atoms with E-state index in [0.717, 1.165) is 18.3 Å². The van der Waals surface area contributed by atoms with E-state index in [0.29, 0.717) is 24.0 Å². The van der Waals surface area contributed by atoms with Crippen LogP contribution in [-0.2, 0) is 6.54 Å². The highest BCUT2D eigenvalue weighted by atomic mass is 16.5. The molecule has 0 aromatic carbocycles. The predicted octanol–water partition coefficient (Wildman–Crippen LogP) is 2.76. The van der Waals surface area contributed by atoms with Gasteiger partial charge >= 0.3 is 5.76 Å². The first-order chi connectivity index (χ1) is 10.6. The monoisotopic (exact) mass is 302 g/mol. The van der Waals surface area contributed by atoms with E-state index in [9.17, 15) is 4.79 Å². The Morgan fingerprint density at radius 1 is 1.23 bits per heavy atom. The molecular weight excluding hydrogens is 280 g/mol. The van der Waals surface area contributed by atoms with Gasteiger partial charge in [0.25, 0.3) is 0 Å². The minimum absolute atomic E-state index is 0.419. The second kappa shape index (κ2) is 6.42. The molecule has 0 spiro atoms. The summed E-state index contributed by atoms with van der Waals surface area (Å²) in [5, 5.41) is 3.85. The molecule has 2 aromatic rings. The Morgan fingerprint density at radius 3 is 2.68 bits per heavy atom. The van der Waals surface area contributed by atoms with Crippen LogP contribution in [-0.4, -0.2) is 19.7 Å². The Labute approximate surface area is 129 Å². The Balaban J connectivity index is 1.73. The summed E-state index contributed by atoms with van der Waals surface area (Å²) in [4.78, 5) is 20.1. The van der Waals surface area contributed by atoms with Crippen molar-refractivity contribution < 1.29 is 4.52 Å². The molecule has 1 aliphatic rings. The lowest BCUT2D eigenvalue weighted by atomic mass is 9.75. The first-order valence-corrected chi connectivity index (χ1v) is 7.96. The molecule has 0 saturated heterocycles. The molecule has 0 unspecified atom stereocenters. The van der Waals surface area contributed by atoms with E-state index < -0.39 is 5.76 Å². The van der Waals surface area contributed by atoms with E-state index in [1.807, 2.05) is 0 Å². The van der Waals surface area contributed by atoms with Crippen molar-refractivity contribution in [3.8, 4) is 11.5 Å². The van der Waals surface area contributed by atoms with Crippen molar-refractivity contribution in [1.82, 2.24) is 19.7 Å². The lowest BCUT2D eigenvalue weighted by Crippen LogP contribution is -2.23. The Bertz CT molecular complexity index is 654. The zero-order chi connectivity index (χ0) is 15.5. The third-order valence-electron chi connectivity index (χ3n) is 4.52. The molecule has 0 amide bonds. The molecule has 2 atom stereocenters. The van der Waals surface area contributed by atoms with Crippen molar-refractivity contribution in [2.45, 2.75) is 46.1 Å². The van der Waals surface area contributed by atoms with Crippen LogP contribution >= 0.6 is 0 Å². The molecule has 1 fully saturated rings.